The number of rotatable bonds is 7. The van der Waals surface area contributed by atoms with Crippen molar-refractivity contribution in [1.29, 1.82) is 0 Å². The molecule has 0 N–H and O–H groups in total. The van der Waals surface area contributed by atoms with Gasteiger partial charge in [0, 0.05) is 31.7 Å². The Hall–Kier alpha value is -1.82. The van der Waals surface area contributed by atoms with Gasteiger partial charge in [-0.05, 0) is 46.7 Å². The predicted molar refractivity (Wildman–Crippen MR) is 130 cm³/mol. The van der Waals surface area contributed by atoms with E-state index in [2.05, 4.69) is 86.3 Å². The fourth-order valence-electron chi connectivity index (χ4n) is 5.19. The van der Waals surface area contributed by atoms with Gasteiger partial charge in [0.05, 0.1) is 0 Å². The molecule has 172 valence electrons. The van der Waals surface area contributed by atoms with Crippen LogP contribution in [0.25, 0.3) is 0 Å². The molecule has 32 heavy (non-hydrogen) atoms. The zero-order chi connectivity index (χ0) is 22.8. The molecule has 0 radical (unpaired) electrons. The summed E-state index contributed by atoms with van der Waals surface area (Å²) in [6.07, 6.45) is 1.83. The predicted octanol–water partition coefficient (Wildman–Crippen LogP) is 5.59. The van der Waals surface area contributed by atoms with Crippen molar-refractivity contribution in [3.05, 3.63) is 72.3 Å². The summed E-state index contributed by atoms with van der Waals surface area (Å²) < 4.78 is 33.0. The Labute approximate surface area is 192 Å². The first-order chi connectivity index (χ1) is 15.3. The Balaban J connectivity index is 1.57. The average molecular weight is 456 g/mol. The summed E-state index contributed by atoms with van der Waals surface area (Å²) in [5.41, 5.74) is 0.498. The van der Waals surface area contributed by atoms with Gasteiger partial charge in [-0.25, -0.2) is 0 Å². The standard InChI is InChI=1S/C27H35F2NOSi/c1-26(2,3)32(23-10-6-4-7-11-23,24-12-8-5-9-13-24)31-21-27(16-17-27)20-30-18-14-22(15-19-30)25(28)29/h4-13H,14-21H2,1-3H3. The quantitative estimate of drug-likeness (QED) is 0.505. The minimum atomic E-state index is -2.54. The summed E-state index contributed by atoms with van der Waals surface area (Å²) in [6, 6.07) is 21.5. The highest BCUT2D eigenvalue weighted by atomic mass is 28.4. The van der Waals surface area contributed by atoms with E-state index in [4.69, 9.17) is 4.43 Å². The van der Waals surface area contributed by atoms with Crippen molar-refractivity contribution in [3.8, 4) is 0 Å². The van der Waals surface area contributed by atoms with Crippen molar-refractivity contribution < 1.29 is 13.2 Å². The lowest BCUT2D eigenvalue weighted by Gasteiger charge is -2.44. The van der Waals surface area contributed by atoms with Crippen LogP contribution in [0.5, 0.6) is 0 Å². The van der Waals surface area contributed by atoms with Crippen molar-refractivity contribution in [2.45, 2.75) is 51.5 Å². The second kappa shape index (κ2) is 9.20. The van der Waals surface area contributed by atoms with Crippen LogP contribution in [0.2, 0.25) is 5.04 Å². The molecular formula is C27H35F2NOSi. The monoisotopic (exact) mass is 455 g/mol. The van der Waals surface area contributed by atoms with E-state index in [9.17, 15) is 8.78 Å². The molecule has 0 atom stereocenters. The summed E-state index contributed by atoms with van der Waals surface area (Å²) >= 11 is 0. The van der Waals surface area contributed by atoms with Crippen molar-refractivity contribution in [2.24, 2.45) is 5.41 Å². The lowest BCUT2D eigenvalue weighted by atomic mass is 10.0. The van der Waals surface area contributed by atoms with Gasteiger partial charge in [0.25, 0.3) is 14.4 Å². The molecule has 0 amide bonds. The van der Waals surface area contributed by atoms with E-state index in [1.165, 1.54) is 10.4 Å². The fourth-order valence-corrected chi connectivity index (χ4v) is 9.87. The largest absolute Gasteiger partial charge is 0.407 e. The molecule has 1 saturated carbocycles. The van der Waals surface area contributed by atoms with Crippen LogP contribution in [0.1, 0.15) is 46.5 Å². The Morgan fingerprint density at radius 1 is 0.906 bits per heavy atom. The van der Waals surface area contributed by atoms with Crippen LogP contribution in [0, 0.1) is 5.41 Å². The third-order valence-corrected chi connectivity index (χ3v) is 12.2. The van der Waals surface area contributed by atoms with Gasteiger partial charge in [-0.1, -0.05) is 81.4 Å². The van der Waals surface area contributed by atoms with Crippen molar-refractivity contribution in [1.82, 2.24) is 4.90 Å². The van der Waals surface area contributed by atoms with E-state index in [0.717, 1.165) is 39.1 Å². The van der Waals surface area contributed by atoms with Crippen LogP contribution >= 0.6 is 0 Å². The molecule has 2 aromatic carbocycles. The fraction of sp³-hybridized carbons (Fsp3) is 0.481. The van der Waals surface area contributed by atoms with Gasteiger partial charge in [0.1, 0.15) is 0 Å². The first-order valence-electron chi connectivity index (χ1n) is 11.8. The third-order valence-electron chi connectivity index (χ3n) is 7.25. The lowest BCUT2D eigenvalue weighted by Crippen LogP contribution is -2.67. The van der Waals surface area contributed by atoms with Gasteiger partial charge in [-0.2, -0.15) is 8.78 Å². The number of likely N-dealkylation sites (tertiary alicyclic amines) is 1. The molecule has 1 aliphatic heterocycles. The zero-order valence-electron chi connectivity index (χ0n) is 19.5. The Morgan fingerprint density at radius 3 is 1.81 bits per heavy atom. The summed E-state index contributed by atoms with van der Waals surface area (Å²) in [6.45, 7) is 10.1. The van der Waals surface area contributed by atoms with Gasteiger partial charge in [-0.15, -0.1) is 0 Å². The van der Waals surface area contributed by atoms with E-state index in [1.54, 1.807) is 0 Å². The summed E-state index contributed by atoms with van der Waals surface area (Å²) in [7, 11) is -2.54. The maximum Gasteiger partial charge on any atom is 0.269 e. The molecule has 0 spiro atoms. The molecule has 2 aliphatic rings. The highest BCUT2D eigenvalue weighted by molar-refractivity contribution is 6.99. The van der Waals surface area contributed by atoms with Crippen LogP contribution in [-0.2, 0) is 4.43 Å². The molecule has 5 heteroatoms. The molecule has 0 unspecified atom stereocenters. The number of hydrogen-bond acceptors (Lipinski definition) is 2. The molecule has 0 aromatic heterocycles. The van der Waals surface area contributed by atoms with Gasteiger partial charge in [0.2, 0.25) is 0 Å². The summed E-state index contributed by atoms with van der Waals surface area (Å²) in [4.78, 5) is 2.37. The van der Waals surface area contributed by atoms with Gasteiger partial charge in [0.15, 0.2) is 0 Å². The number of piperidine rings is 1. The van der Waals surface area contributed by atoms with Gasteiger partial charge in [-0.3, -0.25) is 0 Å². The van der Waals surface area contributed by atoms with Crippen LogP contribution in [-0.4, -0.2) is 39.5 Å². The van der Waals surface area contributed by atoms with E-state index < -0.39 is 14.4 Å². The number of halogens is 2. The Morgan fingerprint density at radius 2 is 1.41 bits per heavy atom. The molecule has 0 bridgehead atoms. The molecular weight excluding hydrogens is 420 g/mol. The topological polar surface area (TPSA) is 12.5 Å². The third kappa shape index (κ3) is 4.75. The highest BCUT2D eigenvalue weighted by Gasteiger charge is 2.53. The Kier molecular flexibility index (Phi) is 6.71. The SMILES string of the molecule is CC(C)(C)[Si](OCC1(CN2CCC(=C(F)F)CC2)CC1)(c1ccccc1)c1ccccc1. The second-order valence-electron chi connectivity index (χ2n) is 10.6. The lowest BCUT2D eigenvalue weighted by molar-refractivity contribution is 0.147. The van der Waals surface area contributed by atoms with E-state index in [1.807, 2.05) is 0 Å². The number of hydrogen-bond donors (Lipinski definition) is 0. The van der Waals surface area contributed by atoms with Crippen LogP contribution in [0.15, 0.2) is 72.3 Å². The molecule has 2 aromatic rings. The maximum atomic E-state index is 12.9. The molecule has 1 aliphatic carbocycles. The van der Waals surface area contributed by atoms with Crippen molar-refractivity contribution >= 4 is 18.7 Å². The smallest absolute Gasteiger partial charge is 0.269 e. The molecule has 2 nitrogen and oxygen atoms in total. The molecule has 1 heterocycles. The first-order valence-corrected chi connectivity index (χ1v) is 13.7. The minimum absolute atomic E-state index is 0.0325. The summed E-state index contributed by atoms with van der Waals surface area (Å²) in [5.74, 6) is 0. The maximum absolute atomic E-state index is 12.9. The Bertz CT molecular complexity index is 882. The second-order valence-corrected chi connectivity index (χ2v) is 14.9. The van der Waals surface area contributed by atoms with Crippen LogP contribution in [0.3, 0.4) is 0 Å². The normalized spacial score (nSPS) is 19.1. The first kappa shape index (κ1) is 23.3. The van der Waals surface area contributed by atoms with E-state index in [0.29, 0.717) is 18.4 Å². The van der Waals surface area contributed by atoms with E-state index >= 15 is 0 Å². The highest BCUT2D eigenvalue weighted by Crippen LogP contribution is 2.49. The van der Waals surface area contributed by atoms with Crippen LogP contribution < -0.4 is 10.4 Å². The molecule has 2 fully saturated rings. The van der Waals surface area contributed by atoms with Gasteiger partial charge < -0.3 is 9.33 Å². The number of benzene rings is 2. The number of nitrogens with zero attached hydrogens (tertiary/aromatic N) is 1. The molecule has 1 saturated heterocycles. The van der Waals surface area contributed by atoms with Crippen molar-refractivity contribution in [3.63, 3.8) is 0 Å². The van der Waals surface area contributed by atoms with Gasteiger partial charge >= 0.3 is 0 Å². The zero-order valence-corrected chi connectivity index (χ0v) is 20.5. The summed E-state index contributed by atoms with van der Waals surface area (Å²) in [5, 5.41) is 2.58. The average Bonchev–Trinajstić information content (AvgIpc) is 3.54. The minimum Gasteiger partial charge on any atom is -0.407 e. The van der Waals surface area contributed by atoms with Crippen LogP contribution in [0.4, 0.5) is 8.78 Å². The van der Waals surface area contributed by atoms with E-state index in [-0.39, 0.29) is 10.5 Å². The van der Waals surface area contributed by atoms with Crippen molar-refractivity contribution in [2.75, 3.05) is 26.2 Å². The molecule has 4 rings (SSSR count).